The van der Waals surface area contributed by atoms with E-state index in [0.717, 1.165) is 16.7 Å². The topological polar surface area (TPSA) is 21.3 Å². The Balaban J connectivity index is 1.67. The molecule has 0 aliphatic heterocycles. The summed E-state index contributed by atoms with van der Waals surface area (Å²) in [7, 11) is 0. The summed E-state index contributed by atoms with van der Waals surface area (Å²) < 4.78 is 18.9. The number of benzene rings is 3. The predicted molar refractivity (Wildman–Crippen MR) is 112 cm³/mol. The van der Waals surface area contributed by atoms with Crippen LogP contribution in [0.25, 0.3) is 0 Å². The smallest absolute Gasteiger partial charge is 0.129 e. The second-order valence-corrected chi connectivity index (χ2v) is 7.08. The highest BCUT2D eigenvalue weighted by molar-refractivity contribution is 7.80. The van der Waals surface area contributed by atoms with E-state index in [1.165, 1.54) is 12.1 Å². The molecule has 0 saturated carbocycles. The van der Waals surface area contributed by atoms with Gasteiger partial charge in [0.05, 0.1) is 5.56 Å². The number of hydrogen-bond acceptors (Lipinski definition) is 2. The highest BCUT2D eigenvalue weighted by Crippen LogP contribution is 2.24. The maximum absolute atomic E-state index is 13.0. The second-order valence-electron chi connectivity index (χ2n) is 5.83. The van der Waals surface area contributed by atoms with Crippen molar-refractivity contribution in [2.24, 2.45) is 0 Å². The molecule has 0 radical (unpaired) electrons. The molecule has 0 aliphatic rings. The van der Waals surface area contributed by atoms with Crippen LogP contribution in [-0.2, 0) is 13.2 Å². The van der Waals surface area contributed by atoms with E-state index in [1.54, 1.807) is 24.3 Å². The molecular formula is C21H16Cl2FNOS. The van der Waals surface area contributed by atoms with Crippen molar-refractivity contribution >= 4 is 40.4 Å². The molecule has 3 aromatic carbocycles. The van der Waals surface area contributed by atoms with Crippen molar-refractivity contribution in [2.75, 3.05) is 0 Å². The lowest BCUT2D eigenvalue weighted by Crippen LogP contribution is -2.22. The van der Waals surface area contributed by atoms with Crippen molar-refractivity contribution in [1.29, 1.82) is 0 Å². The molecule has 6 heteroatoms. The Kier molecular flexibility index (Phi) is 6.67. The van der Waals surface area contributed by atoms with E-state index in [9.17, 15) is 4.39 Å². The van der Waals surface area contributed by atoms with Crippen molar-refractivity contribution < 1.29 is 9.13 Å². The van der Waals surface area contributed by atoms with E-state index in [1.807, 2.05) is 30.3 Å². The molecule has 27 heavy (non-hydrogen) atoms. The van der Waals surface area contributed by atoms with Crippen molar-refractivity contribution in [3.8, 4) is 5.75 Å². The molecule has 138 valence electrons. The van der Waals surface area contributed by atoms with Gasteiger partial charge in [0.1, 0.15) is 23.2 Å². The average molecular weight is 420 g/mol. The fourth-order valence-electron chi connectivity index (χ4n) is 2.45. The first-order valence-corrected chi connectivity index (χ1v) is 9.38. The lowest BCUT2D eigenvalue weighted by Gasteiger charge is -2.14. The summed E-state index contributed by atoms with van der Waals surface area (Å²) in [5.74, 6) is 0.390. The third-order valence-electron chi connectivity index (χ3n) is 3.90. The Hall–Kier alpha value is -2.14. The van der Waals surface area contributed by atoms with Gasteiger partial charge in [0.15, 0.2) is 0 Å². The van der Waals surface area contributed by atoms with Gasteiger partial charge in [-0.1, -0.05) is 65.8 Å². The van der Waals surface area contributed by atoms with E-state index < -0.39 is 0 Å². The van der Waals surface area contributed by atoms with Gasteiger partial charge >= 0.3 is 0 Å². The zero-order valence-corrected chi connectivity index (χ0v) is 16.5. The summed E-state index contributed by atoms with van der Waals surface area (Å²) in [4.78, 5) is 0.553. The second kappa shape index (κ2) is 9.18. The summed E-state index contributed by atoms with van der Waals surface area (Å²) in [6.07, 6.45) is 0. The van der Waals surface area contributed by atoms with Gasteiger partial charge in [-0.3, -0.25) is 0 Å². The van der Waals surface area contributed by atoms with E-state index >= 15 is 0 Å². The molecule has 0 bridgehead atoms. The van der Waals surface area contributed by atoms with Crippen LogP contribution >= 0.6 is 35.4 Å². The number of rotatable bonds is 6. The Labute approximate surface area is 172 Å². The molecular weight excluding hydrogens is 404 g/mol. The van der Waals surface area contributed by atoms with Crippen LogP contribution in [0.2, 0.25) is 10.0 Å². The van der Waals surface area contributed by atoms with Crippen molar-refractivity contribution in [3.63, 3.8) is 0 Å². The molecule has 0 heterocycles. The quantitative estimate of drug-likeness (QED) is 0.482. The first-order chi connectivity index (χ1) is 13.0. The highest BCUT2D eigenvalue weighted by atomic mass is 35.5. The minimum atomic E-state index is -0.263. The van der Waals surface area contributed by atoms with Crippen LogP contribution in [-0.4, -0.2) is 4.99 Å². The maximum atomic E-state index is 13.0. The maximum Gasteiger partial charge on any atom is 0.129 e. The lowest BCUT2D eigenvalue weighted by molar-refractivity contribution is 0.305. The molecule has 3 rings (SSSR count). The Bertz CT molecular complexity index is 947. The Morgan fingerprint density at radius 1 is 1.00 bits per heavy atom. The van der Waals surface area contributed by atoms with Crippen LogP contribution in [0, 0.1) is 5.82 Å². The Morgan fingerprint density at radius 2 is 1.74 bits per heavy atom. The molecule has 0 aliphatic carbocycles. The minimum absolute atomic E-state index is 0.263. The number of ether oxygens (including phenoxy) is 1. The Morgan fingerprint density at radius 3 is 2.48 bits per heavy atom. The van der Waals surface area contributed by atoms with Crippen molar-refractivity contribution in [2.45, 2.75) is 13.2 Å². The lowest BCUT2D eigenvalue weighted by atomic mass is 10.1. The fourth-order valence-corrected chi connectivity index (χ4v) is 3.16. The van der Waals surface area contributed by atoms with Gasteiger partial charge < -0.3 is 10.1 Å². The number of para-hydroxylation sites is 1. The minimum Gasteiger partial charge on any atom is -0.488 e. The van der Waals surface area contributed by atoms with Crippen LogP contribution in [0.3, 0.4) is 0 Å². The van der Waals surface area contributed by atoms with Crippen molar-refractivity contribution in [1.82, 2.24) is 5.32 Å². The third-order valence-corrected chi connectivity index (χ3v) is 4.85. The number of nitrogens with one attached hydrogen (secondary N) is 1. The normalized spacial score (nSPS) is 10.5. The molecule has 0 spiro atoms. The van der Waals surface area contributed by atoms with Gasteiger partial charge in [-0.2, -0.15) is 0 Å². The van der Waals surface area contributed by atoms with Gasteiger partial charge in [0, 0.05) is 22.2 Å². The van der Waals surface area contributed by atoms with E-state index in [2.05, 4.69) is 5.32 Å². The number of halogens is 3. The van der Waals surface area contributed by atoms with Gasteiger partial charge in [-0.05, 0) is 42.0 Å². The van der Waals surface area contributed by atoms with Gasteiger partial charge in [-0.25, -0.2) is 4.39 Å². The monoisotopic (exact) mass is 419 g/mol. The molecule has 1 N–H and O–H groups in total. The molecule has 0 saturated heterocycles. The van der Waals surface area contributed by atoms with Crippen LogP contribution in [0.5, 0.6) is 5.75 Å². The van der Waals surface area contributed by atoms with E-state index in [4.69, 9.17) is 40.2 Å². The van der Waals surface area contributed by atoms with Crippen molar-refractivity contribution in [3.05, 3.63) is 99.3 Å². The molecule has 0 aromatic heterocycles. The summed E-state index contributed by atoms with van der Waals surface area (Å²) in [5, 5.41) is 4.31. The molecule has 0 unspecified atom stereocenters. The van der Waals surface area contributed by atoms with E-state index in [-0.39, 0.29) is 5.82 Å². The molecule has 0 atom stereocenters. The summed E-state index contributed by atoms with van der Waals surface area (Å²) >= 11 is 17.6. The van der Waals surface area contributed by atoms with Crippen LogP contribution < -0.4 is 10.1 Å². The predicted octanol–water partition coefficient (Wildman–Crippen LogP) is 6.18. The number of hydrogen-bond donors (Lipinski definition) is 1. The van der Waals surface area contributed by atoms with Crippen LogP contribution in [0.15, 0.2) is 66.7 Å². The molecule has 0 amide bonds. The van der Waals surface area contributed by atoms with Gasteiger partial charge in [0.25, 0.3) is 0 Å². The molecule has 3 aromatic rings. The summed E-state index contributed by atoms with van der Waals surface area (Å²) in [6.45, 7) is 0.796. The molecule has 0 fully saturated rings. The van der Waals surface area contributed by atoms with Gasteiger partial charge in [0.2, 0.25) is 0 Å². The standard InChI is InChI=1S/C21H16Cl2FNOS/c22-16-8-7-15(19(23)11-16)13-26-20-4-2-1-3-18(20)21(27)25-12-14-5-9-17(24)10-6-14/h1-11H,12-13H2,(H,25,27). The first-order valence-electron chi connectivity index (χ1n) is 8.21. The number of thiocarbonyl (C=S) groups is 1. The fraction of sp³-hybridized carbons (Fsp3) is 0.0952. The largest absolute Gasteiger partial charge is 0.488 e. The molecule has 2 nitrogen and oxygen atoms in total. The van der Waals surface area contributed by atoms with Crippen LogP contribution in [0.4, 0.5) is 4.39 Å². The SMILES string of the molecule is Fc1ccc(CNC(=S)c2ccccc2OCc2ccc(Cl)cc2Cl)cc1. The third kappa shape index (κ3) is 5.42. The zero-order valence-electron chi connectivity index (χ0n) is 14.2. The summed E-state index contributed by atoms with van der Waals surface area (Å²) in [6, 6.07) is 19.1. The zero-order chi connectivity index (χ0) is 19.2. The van der Waals surface area contributed by atoms with E-state index in [0.29, 0.717) is 33.9 Å². The van der Waals surface area contributed by atoms with Gasteiger partial charge in [-0.15, -0.1) is 0 Å². The average Bonchev–Trinajstić information content (AvgIpc) is 2.67. The van der Waals surface area contributed by atoms with Crippen LogP contribution in [0.1, 0.15) is 16.7 Å². The highest BCUT2D eigenvalue weighted by Gasteiger charge is 2.10. The first kappa shape index (κ1) is 19.6. The summed E-state index contributed by atoms with van der Waals surface area (Å²) in [5.41, 5.74) is 2.55.